The van der Waals surface area contributed by atoms with Gasteiger partial charge < -0.3 is 10.5 Å². The van der Waals surface area contributed by atoms with Gasteiger partial charge in [0.1, 0.15) is 5.82 Å². The van der Waals surface area contributed by atoms with Crippen molar-refractivity contribution in [1.29, 1.82) is 0 Å². The summed E-state index contributed by atoms with van der Waals surface area (Å²) in [6, 6.07) is 2.63. The third-order valence-electron chi connectivity index (χ3n) is 3.43. The molecule has 23 heavy (non-hydrogen) atoms. The van der Waals surface area contributed by atoms with E-state index >= 15 is 0 Å². The van der Waals surface area contributed by atoms with Gasteiger partial charge in [-0.1, -0.05) is 0 Å². The molecule has 0 spiro atoms. The van der Waals surface area contributed by atoms with E-state index in [1.807, 2.05) is 0 Å². The standard InChI is InChI=1S/C14H19FN2O4S.ClH/c1-2-21-14(18)10-5-11(15)7-12(6-10)22(19,20)17-8-13(16)9-3-4-9;/h5-7,9,13,17H,2-4,8,16H2,1H3;1H. The zero-order valence-corrected chi connectivity index (χ0v) is 14.3. The minimum atomic E-state index is -3.93. The Morgan fingerprint density at radius 2 is 2.09 bits per heavy atom. The maximum atomic E-state index is 13.6. The van der Waals surface area contributed by atoms with Crippen molar-refractivity contribution in [3.63, 3.8) is 0 Å². The summed E-state index contributed by atoms with van der Waals surface area (Å²) in [5, 5.41) is 0. The Morgan fingerprint density at radius 3 is 2.65 bits per heavy atom. The summed E-state index contributed by atoms with van der Waals surface area (Å²) in [7, 11) is -3.93. The summed E-state index contributed by atoms with van der Waals surface area (Å²) < 4.78 is 45.0. The Bertz CT molecular complexity index is 665. The second-order valence-corrected chi connectivity index (χ2v) is 7.02. The molecule has 3 N–H and O–H groups in total. The fourth-order valence-electron chi connectivity index (χ4n) is 2.03. The predicted molar refractivity (Wildman–Crippen MR) is 85.5 cm³/mol. The summed E-state index contributed by atoms with van der Waals surface area (Å²) in [5.41, 5.74) is 5.69. The average molecular weight is 367 g/mol. The van der Waals surface area contributed by atoms with Gasteiger partial charge in [-0.05, 0) is 43.9 Å². The van der Waals surface area contributed by atoms with Gasteiger partial charge in [-0.25, -0.2) is 22.3 Å². The highest BCUT2D eigenvalue weighted by Crippen LogP contribution is 2.31. The molecular formula is C14H20ClFN2O4S. The van der Waals surface area contributed by atoms with Gasteiger partial charge in [0, 0.05) is 12.6 Å². The van der Waals surface area contributed by atoms with Gasteiger partial charge in [-0.3, -0.25) is 0 Å². The van der Waals surface area contributed by atoms with Gasteiger partial charge in [0.05, 0.1) is 17.1 Å². The first-order chi connectivity index (χ1) is 10.3. The van der Waals surface area contributed by atoms with E-state index in [-0.39, 0.29) is 42.1 Å². The molecular weight excluding hydrogens is 347 g/mol. The molecule has 1 aliphatic carbocycles. The van der Waals surface area contributed by atoms with E-state index in [1.165, 1.54) is 0 Å². The molecule has 1 aromatic carbocycles. The van der Waals surface area contributed by atoms with Gasteiger partial charge in [-0.15, -0.1) is 12.4 Å². The lowest BCUT2D eigenvalue weighted by molar-refractivity contribution is 0.0525. The van der Waals surface area contributed by atoms with Crippen molar-refractivity contribution in [3.05, 3.63) is 29.6 Å². The number of halogens is 2. The average Bonchev–Trinajstić information content (AvgIpc) is 3.29. The van der Waals surface area contributed by atoms with Crippen molar-refractivity contribution >= 4 is 28.4 Å². The number of nitrogens with two attached hydrogens (primary N) is 1. The number of carbonyl (C=O) groups excluding carboxylic acids is 1. The van der Waals surface area contributed by atoms with E-state index in [4.69, 9.17) is 10.5 Å². The minimum absolute atomic E-state index is 0. The van der Waals surface area contributed by atoms with Crippen molar-refractivity contribution in [2.24, 2.45) is 11.7 Å². The molecule has 0 radical (unpaired) electrons. The van der Waals surface area contributed by atoms with Gasteiger partial charge in [-0.2, -0.15) is 0 Å². The molecule has 0 heterocycles. The number of nitrogens with one attached hydrogen (secondary N) is 1. The van der Waals surface area contributed by atoms with E-state index in [2.05, 4.69) is 4.72 Å². The molecule has 0 saturated heterocycles. The third-order valence-corrected chi connectivity index (χ3v) is 4.83. The molecule has 1 aromatic rings. The Morgan fingerprint density at radius 1 is 1.43 bits per heavy atom. The highest BCUT2D eigenvalue weighted by molar-refractivity contribution is 7.89. The van der Waals surface area contributed by atoms with Crippen molar-refractivity contribution in [3.8, 4) is 0 Å². The molecule has 1 fully saturated rings. The summed E-state index contributed by atoms with van der Waals surface area (Å²) in [4.78, 5) is 11.3. The van der Waals surface area contributed by atoms with E-state index < -0.39 is 21.8 Å². The molecule has 130 valence electrons. The molecule has 1 saturated carbocycles. The number of hydrogen-bond donors (Lipinski definition) is 2. The van der Waals surface area contributed by atoms with Crippen LogP contribution < -0.4 is 10.5 Å². The quantitative estimate of drug-likeness (QED) is 0.711. The second-order valence-electron chi connectivity index (χ2n) is 5.25. The maximum Gasteiger partial charge on any atom is 0.338 e. The normalized spacial score (nSPS) is 15.6. The van der Waals surface area contributed by atoms with Crippen LogP contribution in [0.5, 0.6) is 0 Å². The van der Waals surface area contributed by atoms with E-state index in [1.54, 1.807) is 6.92 Å². The van der Waals surface area contributed by atoms with Crippen LogP contribution in [0, 0.1) is 11.7 Å². The Hall–Kier alpha value is -1.22. The smallest absolute Gasteiger partial charge is 0.338 e. The number of sulfonamides is 1. The maximum absolute atomic E-state index is 13.6. The zero-order valence-electron chi connectivity index (χ0n) is 12.6. The van der Waals surface area contributed by atoms with E-state index in [0.29, 0.717) is 5.92 Å². The largest absolute Gasteiger partial charge is 0.462 e. The third kappa shape index (κ3) is 5.42. The lowest BCUT2D eigenvalue weighted by atomic mass is 10.2. The second kappa shape index (κ2) is 8.05. The molecule has 9 heteroatoms. The van der Waals surface area contributed by atoms with E-state index in [0.717, 1.165) is 31.0 Å². The first-order valence-corrected chi connectivity index (χ1v) is 8.54. The SMILES string of the molecule is CCOC(=O)c1cc(F)cc(S(=O)(=O)NCC(N)C2CC2)c1.Cl. The van der Waals surface area contributed by atoms with Crippen molar-refractivity contribution < 1.29 is 22.3 Å². The molecule has 2 rings (SSSR count). The molecule has 1 atom stereocenters. The lowest BCUT2D eigenvalue weighted by Crippen LogP contribution is -2.38. The zero-order chi connectivity index (χ0) is 16.3. The fraction of sp³-hybridized carbons (Fsp3) is 0.500. The molecule has 1 aliphatic rings. The van der Waals surface area contributed by atoms with Crippen LogP contribution in [0.2, 0.25) is 0 Å². The number of rotatable bonds is 7. The summed E-state index contributed by atoms with van der Waals surface area (Å²) in [5.74, 6) is -1.25. The molecule has 0 bridgehead atoms. The number of benzene rings is 1. The van der Waals surface area contributed by atoms with Crippen LogP contribution >= 0.6 is 12.4 Å². The van der Waals surface area contributed by atoms with Gasteiger partial charge in [0.25, 0.3) is 0 Å². The minimum Gasteiger partial charge on any atom is -0.462 e. The van der Waals surface area contributed by atoms with Crippen molar-refractivity contribution in [2.75, 3.05) is 13.2 Å². The van der Waals surface area contributed by atoms with Gasteiger partial charge >= 0.3 is 5.97 Å². The Kier molecular flexibility index (Phi) is 6.94. The summed E-state index contributed by atoms with van der Waals surface area (Å²) >= 11 is 0. The van der Waals surface area contributed by atoms with Crippen molar-refractivity contribution in [1.82, 2.24) is 4.72 Å². The highest BCUT2D eigenvalue weighted by atomic mass is 35.5. The molecule has 0 amide bonds. The van der Waals surface area contributed by atoms with Crippen LogP contribution in [0.25, 0.3) is 0 Å². The summed E-state index contributed by atoms with van der Waals surface area (Å²) in [6.07, 6.45) is 1.99. The first-order valence-electron chi connectivity index (χ1n) is 7.06. The van der Waals surface area contributed by atoms with Gasteiger partial charge in [0.2, 0.25) is 10.0 Å². The Labute approximate surface area is 141 Å². The van der Waals surface area contributed by atoms with E-state index in [9.17, 15) is 17.6 Å². The number of esters is 1. The van der Waals surface area contributed by atoms with Crippen LogP contribution in [-0.2, 0) is 14.8 Å². The lowest BCUT2D eigenvalue weighted by Gasteiger charge is -2.12. The first kappa shape index (κ1) is 19.8. The molecule has 1 unspecified atom stereocenters. The molecule has 0 aromatic heterocycles. The highest BCUT2D eigenvalue weighted by Gasteiger charge is 2.29. The number of carbonyl (C=O) groups is 1. The van der Waals surface area contributed by atoms with Crippen LogP contribution in [0.15, 0.2) is 23.1 Å². The van der Waals surface area contributed by atoms with Crippen LogP contribution in [0.4, 0.5) is 4.39 Å². The molecule has 0 aliphatic heterocycles. The topological polar surface area (TPSA) is 98.5 Å². The van der Waals surface area contributed by atoms with Crippen molar-refractivity contribution in [2.45, 2.75) is 30.7 Å². The van der Waals surface area contributed by atoms with Gasteiger partial charge in [0.15, 0.2) is 0 Å². The van der Waals surface area contributed by atoms with Crippen LogP contribution in [0.3, 0.4) is 0 Å². The Balaban J connectivity index is 0.00000264. The van der Waals surface area contributed by atoms with Crippen LogP contribution in [0.1, 0.15) is 30.1 Å². The molecule has 6 nitrogen and oxygen atoms in total. The number of ether oxygens (including phenoxy) is 1. The summed E-state index contributed by atoms with van der Waals surface area (Å²) in [6.45, 7) is 1.81. The predicted octanol–water partition coefficient (Wildman–Crippen LogP) is 1.44. The fourth-order valence-corrected chi connectivity index (χ4v) is 3.16. The monoisotopic (exact) mass is 366 g/mol. The number of hydrogen-bond acceptors (Lipinski definition) is 5. The van der Waals surface area contributed by atoms with Crippen LogP contribution in [-0.4, -0.2) is 33.6 Å².